The van der Waals surface area contributed by atoms with Gasteiger partial charge in [-0.25, -0.2) is 0 Å². The molecule has 100 valence electrons. The molecule has 1 unspecified atom stereocenters. The number of hydrogen-bond donors (Lipinski definition) is 3. The van der Waals surface area contributed by atoms with Crippen LogP contribution in [0.2, 0.25) is 0 Å². The van der Waals surface area contributed by atoms with Crippen molar-refractivity contribution in [3.8, 4) is 0 Å². The number of anilines is 2. The molecule has 1 atom stereocenters. The first-order valence-corrected chi connectivity index (χ1v) is 6.03. The number of nitrogens with one attached hydrogen (secondary N) is 1. The van der Waals surface area contributed by atoms with Gasteiger partial charge in [-0.3, -0.25) is 9.89 Å². The monoisotopic (exact) mass is 261 g/mol. The number of fused-ring (bicyclic) bond motifs is 1. The highest BCUT2D eigenvalue weighted by atomic mass is 16.5. The van der Waals surface area contributed by atoms with Crippen molar-refractivity contribution < 1.29 is 9.53 Å². The molecule has 3 rings (SSSR count). The van der Waals surface area contributed by atoms with Gasteiger partial charge in [-0.05, 0) is 12.1 Å². The van der Waals surface area contributed by atoms with Gasteiger partial charge >= 0.3 is 0 Å². The van der Waals surface area contributed by atoms with Gasteiger partial charge in [0.15, 0.2) is 0 Å². The molecule has 7 heteroatoms. The fraction of sp³-hybridized carbons (Fsp3) is 0.333. The lowest BCUT2D eigenvalue weighted by Crippen LogP contribution is -2.52. The van der Waals surface area contributed by atoms with Gasteiger partial charge < -0.3 is 21.1 Å². The van der Waals surface area contributed by atoms with E-state index in [9.17, 15) is 4.79 Å². The molecular weight excluding hydrogens is 246 g/mol. The van der Waals surface area contributed by atoms with Crippen molar-refractivity contribution in [2.45, 2.75) is 6.04 Å². The Labute approximate surface area is 109 Å². The number of morpholine rings is 1. The Bertz CT molecular complexity index is 624. The topological polar surface area (TPSA) is 110 Å². The molecule has 0 spiro atoms. The highest BCUT2D eigenvalue weighted by Crippen LogP contribution is 2.30. The van der Waals surface area contributed by atoms with E-state index in [1.807, 2.05) is 17.0 Å². The van der Waals surface area contributed by atoms with Crippen LogP contribution in [0.25, 0.3) is 10.9 Å². The molecule has 7 nitrogen and oxygen atoms in total. The minimum atomic E-state index is -0.489. The van der Waals surface area contributed by atoms with Gasteiger partial charge in [0.25, 0.3) is 0 Å². The number of nitrogens with two attached hydrogens (primary N) is 2. The second kappa shape index (κ2) is 4.43. The Morgan fingerprint density at radius 1 is 1.53 bits per heavy atom. The maximum Gasteiger partial charge on any atom is 0.242 e. The van der Waals surface area contributed by atoms with E-state index in [2.05, 4.69) is 10.2 Å². The number of H-pyrrole nitrogens is 1. The van der Waals surface area contributed by atoms with Crippen LogP contribution in [0.15, 0.2) is 18.3 Å². The summed E-state index contributed by atoms with van der Waals surface area (Å²) in [6.45, 7) is 1.41. The van der Waals surface area contributed by atoms with E-state index < -0.39 is 11.9 Å². The number of carbonyl (C=O) groups is 1. The van der Waals surface area contributed by atoms with Crippen LogP contribution in [0.1, 0.15) is 0 Å². The smallest absolute Gasteiger partial charge is 0.242 e. The summed E-state index contributed by atoms with van der Waals surface area (Å²) in [6.07, 6.45) is 1.71. The Morgan fingerprint density at radius 2 is 2.37 bits per heavy atom. The van der Waals surface area contributed by atoms with Crippen LogP contribution in [0.4, 0.5) is 11.4 Å². The average Bonchev–Trinajstić information content (AvgIpc) is 2.84. The van der Waals surface area contributed by atoms with Crippen LogP contribution in [-0.4, -0.2) is 41.9 Å². The van der Waals surface area contributed by atoms with Crippen molar-refractivity contribution in [1.82, 2.24) is 10.2 Å². The van der Waals surface area contributed by atoms with Gasteiger partial charge in [-0.2, -0.15) is 5.10 Å². The number of primary amides is 1. The minimum Gasteiger partial charge on any atom is -0.397 e. The van der Waals surface area contributed by atoms with Crippen molar-refractivity contribution in [1.29, 1.82) is 0 Å². The summed E-state index contributed by atoms with van der Waals surface area (Å²) in [5, 5.41) is 7.79. The highest BCUT2D eigenvalue weighted by molar-refractivity contribution is 5.92. The zero-order valence-electron chi connectivity index (χ0n) is 10.3. The molecule has 0 aliphatic carbocycles. The first kappa shape index (κ1) is 11.8. The van der Waals surface area contributed by atoms with E-state index in [1.54, 1.807) is 6.20 Å². The molecule has 2 heterocycles. The first-order chi connectivity index (χ1) is 9.16. The standard InChI is InChI=1S/C12H15N5O2/c13-8-3-7-5-15-16-9(7)4-10(8)17-1-2-19-6-11(17)12(14)18/h3-5,11H,1-2,6,13H2,(H2,14,18)(H,15,16). The number of carbonyl (C=O) groups excluding carboxylic acids is 1. The molecule has 0 bridgehead atoms. The third kappa shape index (κ3) is 1.97. The molecule has 1 aromatic heterocycles. The van der Waals surface area contributed by atoms with Crippen LogP contribution < -0.4 is 16.4 Å². The minimum absolute atomic E-state index is 0.287. The molecule has 0 saturated carbocycles. The summed E-state index contributed by atoms with van der Waals surface area (Å²) in [7, 11) is 0. The lowest BCUT2D eigenvalue weighted by atomic mass is 10.1. The summed E-state index contributed by atoms with van der Waals surface area (Å²) in [5.41, 5.74) is 13.7. The number of aromatic amines is 1. The number of hydrogen-bond acceptors (Lipinski definition) is 5. The molecule has 1 aromatic carbocycles. The summed E-state index contributed by atoms with van der Waals surface area (Å²) in [4.78, 5) is 13.4. The number of nitrogens with zero attached hydrogens (tertiary/aromatic N) is 2. The van der Waals surface area contributed by atoms with Gasteiger partial charge in [0.2, 0.25) is 5.91 Å². The quantitative estimate of drug-likeness (QED) is 0.650. The Hall–Kier alpha value is -2.28. The second-order valence-corrected chi connectivity index (χ2v) is 4.55. The zero-order chi connectivity index (χ0) is 13.4. The van der Waals surface area contributed by atoms with Gasteiger partial charge in [0.05, 0.1) is 36.3 Å². The summed E-state index contributed by atoms with van der Waals surface area (Å²) in [6, 6.07) is 3.23. The Morgan fingerprint density at radius 3 is 3.16 bits per heavy atom. The van der Waals surface area contributed by atoms with Gasteiger partial charge in [-0.15, -0.1) is 0 Å². The van der Waals surface area contributed by atoms with E-state index in [0.29, 0.717) is 18.8 Å². The number of ether oxygens (including phenoxy) is 1. The normalized spacial score (nSPS) is 19.8. The van der Waals surface area contributed by atoms with E-state index in [4.69, 9.17) is 16.2 Å². The number of nitrogen functional groups attached to an aromatic ring is 1. The fourth-order valence-corrected chi connectivity index (χ4v) is 2.37. The van der Waals surface area contributed by atoms with Crippen molar-refractivity contribution in [3.05, 3.63) is 18.3 Å². The lowest BCUT2D eigenvalue weighted by Gasteiger charge is -2.36. The third-order valence-electron chi connectivity index (χ3n) is 3.35. The highest BCUT2D eigenvalue weighted by Gasteiger charge is 2.29. The SMILES string of the molecule is NC(=O)C1COCCN1c1cc2[nH]ncc2cc1N. The summed E-state index contributed by atoms with van der Waals surface area (Å²) in [5.74, 6) is -0.413. The van der Waals surface area contributed by atoms with Crippen LogP contribution in [-0.2, 0) is 9.53 Å². The lowest BCUT2D eigenvalue weighted by molar-refractivity contribution is -0.121. The van der Waals surface area contributed by atoms with Crippen LogP contribution in [0, 0.1) is 0 Å². The molecule has 1 aliphatic rings. The number of benzene rings is 1. The predicted molar refractivity (Wildman–Crippen MR) is 71.7 cm³/mol. The van der Waals surface area contributed by atoms with E-state index >= 15 is 0 Å². The van der Waals surface area contributed by atoms with Crippen LogP contribution in [0.5, 0.6) is 0 Å². The van der Waals surface area contributed by atoms with E-state index in [1.165, 1.54) is 0 Å². The number of aromatic nitrogens is 2. The van der Waals surface area contributed by atoms with Crippen molar-refractivity contribution in [3.63, 3.8) is 0 Å². The molecule has 1 amide bonds. The zero-order valence-corrected chi connectivity index (χ0v) is 10.3. The van der Waals surface area contributed by atoms with Gasteiger partial charge in [0.1, 0.15) is 6.04 Å². The molecule has 2 aromatic rings. The molecule has 1 fully saturated rings. The van der Waals surface area contributed by atoms with Crippen molar-refractivity contribution in [2.24, 2.45) is 5.73 Å². The molecule has 5 N–H and O–H groups in total. The number of amides is 1. The van der Waals surface area contributed by atoms with Gasteiger partial charge in [-0.1, -0.05) is 0 Å². The van der Waals surface area contributed by atoms with E-state index in [-0.39, 0.29) is 6.61 Å². The second-order valence-electron chi connectivity index (χ2n) is 4.55. The average molecular weight is 261 g/mol. The molecular formula is C12H15N5O2. The summed E-state index contributed by atoms with van der Waals surface area (Å²) < 4.78 is 5.30. The Kier molecular flexibility index (Phi) is 2.75. The Balaban J connectivity index is 2.05. The predicted octanol–water partition coefficient (Wildman–Crippen LogP) is -0.164. The maximum atomic E-state index is 11.5. The van der Waals surface area contributed by atoms with Crippen LogP contribution >= 0.6 is 0 Å². The first-order valence-electron chi connectivity index (χ1n) is 6.03. The summed E-state index contributed by atoms with van der Waals surface area (Å²) >= 11 is 0. The van der Waals surface area contributed by atoms with E-state index in [0.717, 1.165) is 16.6 Å². The van der Waals surface area contributed by atoms with Crippen LogP contribution in [0.3, 0.4) is 0 Å². The largest absolute Gasteiger partial charge is 0.397 e. The fourth-order valence-electron chi connectivity index (χ4n) is 2.37. The molecule has 0 radical (unpaired) electrons. The van der Waals surface area contributed by atoms with Crippen molar-refractivity contribution in [2.75, 3.05) is 30.4 Å². The van der Waals surface area contributed by atoms with Crippen molar-refractivity contribution >= 4 is 28.2 Å². The molecule has 1 aliphatic heterocycles. The maximum absolute atomic E-state index is 11.5. The molecule has 1 saturated heterocycles. The number of rotatable bonds is 2. The van der Waals surface area contributed by atoms with Gasteiger partial charge in [0, 0.05) is 11.9 Å². The third-order valence-corrected chi connectivity index (χ3v) is 3.35. The molecule has 19 heavy (non-hydrogen) atoms.